The Balaban J connectivity index is 1.88. The molecule has 0 saturated carbocycles. The van der Waals surface area contributed by atoms with Crippen molar-refractivity contribution in [1.29, 1.82) is 0 Å². The number of nitrogens with zero attached hydrogens (tertiary/aromatic N) is 2. The maximum absolute atomic E-state index is 12.4. The molecule has 1 saturated heterocycles. The zero-order chi connectivity index (χ0) is 15.7. The van der Waals surface area contributed by atoms with E-state index in [1.54, 1.807) is 6.07 Å². The standard InChI is InChI=1S/C15H17N3O4/c1-18-6-4-15(5-7-18)14(21)17-13-11(22-15)8-10(9-16-13)2-3-12(19)20/h2-3,8-9H,4-7H2,1H3,(H,19,20)(H,16,17,21)/b3-2+. The lowest BCUT2D eigenvalue weighted by molar-refractivity contribution is -0.136. The molecule has 116 valence electrons. The Labute approximate surface area is 127 Å². The number of carboxylic acid groups (broad SMARTS) is 1. The highest BCUT2D eigenvalue weighted by atomic mass is 16.5. The molecular formula is C15H17N3O4. The zero-order valence-electron chi connectivity index (χ0n) is 12.2. The van der Waals surface area contributed by atoms with Crippen molar-refractivity contribution < 1.29 is 19.4 Å². The smallest absolute Gasteiger partial charge is 0.328 e. The van der Waals surface area contributed by atoms with Crippen LogP contribution in [-0.2, 0) is 9.59 Å². The molecule has 2 aliphatic heterocycles. The largest absolute Gasteiger partial charge is 0.478 e. The molecule has 3 heterocycles. The Morgan fingerprint density at radius 3 is 2.91 bits per heavy atom. The maximum Gasteiger partial charge on any atom is 0.328 e. The van der Waals surface area contributed by atoms with E-state index in [2.05, 4.69) is 15.2 Å². The number of carbonyl (C=O) groups is 2. The lowest BCUT2D eigenvalue weighted by atomic mass is 9.89. The summed E-state index contributed by atoms with van der Waals surface area (Å²) in [5.41, 5.74) is -0.239. The second kappa shape index (κ2) is 5.42. The van der Waals surface area contributed by atoms with Gasteiger partial charge >= 0.3 is 5.97 Å². The summed E-state index contributed by atoms with van der Waals surface area (Å²) in [4.78, 5) is 29.2. The zero-order valence-corrected chi connectivity index (χ0v) is 12.2. The summed E-state index contributed by atoms with van der Waals surface area (Å²) in [6.07, 6.45) is 5.20. The number of piperidine rings is 1. The summed E-state index contributed by atoms with van der Waals surface area (Å²) >= 11 is 0. The number of likely N-dealkylation sites (tertiary alicyclic amines) is 1. The lowest BCUT2D eigenvalue weighted by Crippen LogP contribution is -2.56. The van der Waals surface area contributed by atoms with Gasteiger partial charge in [0.2, 0.25) is 0 Å². The number of carboxylic acids is 1. The molecule has 1 aromatic rings. The van der Waals surface area contributed by atoms with Crippen LogP contribution in [0.1, 0.15) is 18.4 Å². The van der Waals surface area contributed by atoms with Crippen molar-refractivity contribution in [3.8, 4) is 5.75 Å². The number of hydrogen-bond donors (Lipinski definition) is 2. The van der Waals surface area contributed by atoms with Gasteiger partial charge in [0.05, 0.1) is 0 Å². The van der Waals surface area contributed by atoms with Crippen molar-refractivity contribution in [3.05, 3.63) is 23.9 Å². The van der Waals surface area contributed by atoms with E-state index in [0.29, 0.717) is 30.0 Å². The number of anilines is 1. The molecule has 1 amide bonds. The molecule has 0 radical (unpaired) electrons. The van der Waals surface area contributed by atoms with Crippen LogP contribution in [0.2, 0.25) is 0 Å². The Kier molecular flexibility index (Phi) is 3.58. The topological polar surface area (TPSA) is 91.8 Å². The third kappa shape index (κ3) is 2.67. The van der Waals surface area contributed by atoms with Crippen molar-refractivity contribution in [1.82, 2.24) is 9.88 Å². The van der Waals surface area contributed by atoms with Crippen LogP contribution in [0, 0.1) is 0 Å². The van der Waals surface area contributed by atoms with E-state index < -0.39 is 11.6 Å². The molecule has 0 aromatic carbocycles. The molecular weight excluding hydrogens is 286 g/mol. The first-order chi connectivity index (χ1) is 10.5. The molecule has 1 spiro atoms. The molecule has 2 aliphatic rings. The average molecular weight is 303 g/mol. The minimum absolute atomic E-state index is 0.158. The number of pyridine rings is 1. The molecule has 7 nitrogen and oxygen atoms in total. The van der Waals surface area contributed by atoms with Crippen LogP contribution in [0.25, 0.3) is 6.08 Å². The second-order valence-corrected chi connectivity index (χ2v) is 5.64. The Morgan fingerprint density at radius 1 is 1.50 bits per heavy atom. The van der Waals surface area contributed by atoms with E-state index in [4.69, 9.17) is 9.84 Å². The fourth-order valence-corrected chi connectivity index (χ4v) is 2.68. The molecule has 7 heteroatoms. The minimum Gasteiger partial charge on any atom is -0.478 e. The van der Waals surface area contributed by atoms with Crippen LogP contribution in [0.15, 0.2) is 18.3 Å². The number of rotatable bonds is 2. The summed E-state index contributed by atoms with van der Waals surface area (Å²) in [5.74, 6) is -0.327. The van der Waals surface area contributed by atoms with Gasteiger partial charge in [-0.15, -0.1) is 0 Å². The highest BCUT2D eigenvalue weighted by Gasteiger charge is 2.46. The molecule has 0 unspecified atom stereocenters. The highest BCUT2D eigenvalue weighted by molar-refractivity contribution is 6.00. The first-order valence-corrected chi connectivity index (χ1v) is 7.09. The summed E-state index contributed by atoms with van der Waals surface area (Å²) in [7, 11) is 2.01. The van der Waals surface area contributed by atoms with E-state index in [0.717, 1.165) is 19.2 Å². The van der Waals surface area contributed by atoms with E-state index in [1.807, 2.05) is 7.05 Å². The quantitative estimate of drug-likeness (QED) is 0.791. The Hall–Kier alpha value is -2.41. The van der Waals surface area contributed by atoms with Gasteiger partial charge in [-0.2, -0.15) is 0 Å². The monoisotopic (exact) mass is 303 g/mol. The third-order valence-electron chi connectivity index (χ3n) is 4.04. The number of ether oxygens (including phenoxy) is 1. The molecule has 0 atom stereocenters. The van der Waals surface area contributed by atoms with E-state index in [1.165, 1.54) is 12.3 Å². The number of fused-ring (bicyclic) bond motifs is 1. The van der Waals surface area contributed by atoms with Crippen molar-refractivity contribution in [2.24, 2.45) is 0 Å². The Bertz CT molecular complexity index is 648. The number of amides is 1. The molecule has 1 aromatic heterocycles. The Morgan fingerprint density at radius 2 is 2.23 bits per heavy atom. The normalized spacial score (nSPS) is 20.5. The van der Waals surface area contributed by atoms with Crippen molar-refractivity contribution in [2.75, 3.05) is 25.5 Å². The lowest BCUT2D eigenvalue weighted by Gasteiger charge is -2.41. The van der Waals surface area contributed by atoms with Crippen LogP contribution in [0.5, 0.6) is 5.75 Å². The maximum atomic E-state index is 12.4. The van der Waals surface area contributed by atoms with Gasteiger partial charge in [0.1, 0.15) is 0 Å². The average Bonchev–Trinajstić information content (AvgIpc) is 2.49. The number of aromatic nitrogens is 1. The summed E-state index contributed by atoms with van der Waals surface area (Å²) < 4.78 is 5.99. The van der Waals surface area contributed by atoms with Gasteiger partial charge < -0.3 is 20.1 Å². The van der Waals surface area contributed by atoms with E-state index in [-0.39, 0.29) is 5.91 Å². The summed E-state index contributed by atoms with van der Waals surface area (Å²) in [5, 5.41) is 11.5. The van der Waals surface area contributed by atoms with E-state index >= 15 is 0 Å². The van der Waals surface area contributed by atoms with Crippen LogP contribution < -0.4 is 10.1 Å². The van der Waals surface area contributed by atoms with Gasteiger partial charge in [0.25, 0.3) is 5.91 Å². The fourth-order valence-electron chi connectivity index (χ4n) is 2.68. The molecule has 0 aliphatic carbocycles. The number of aliphatic carboxylic acids is 1. The van der Waals surface area contributed by atoms with Gasteiger partial charge in [-0.1, -0.05) is 0 Å². The number of nitrogens with one attached hydrogen (secondary N) is 1. The van der Waals surface area contributed by atoms with Gasteiger partial charge in [-0.3, -0.25) is 4.79 Å². The van der Waals surface area contributed by atoms with Gasteiger partial charge in [-0.05, 0) is 24.8 Å². The van der Waals surface area contributed by atoms with Crippen molar-refractivity contribution >= 4 is 23.8 Å². The minimum atomic E-state index is -1.03. The third-order valence-corrected chi connectivity index (χ3v) is 4.04. The molecule has 0 bridgehead atoms. The molecule has 2 N–H and O–H groups in total. The van der Waals surface area contributed by atoms with Crippen LogP contribution in [0.3, 0.4) is 0 Å². The fraction of sp³-hybridized carbons (Fsp3) is 0.400. The molecule has 3 rings (SSSR count). The SMILES string of the molecule is CN1CCC2(CC1)Oc1cc(/C=C/C(=O)O)cnc1NC2=O. The first kappa shape index (κ1) is 14.5. The molecule has 1 fully saturated rings. The van der Waals surface area contributed by atoms with Crippen LogP contribution >= 0.6 is 0 Å². The summed E-state index contributed by atoms with van der Waals surface area (Å²) in [6.45, 7) is 1.57. The van der Waals surface area contributed by atoms with Crippen LogP contribution in [0.4, 0.5) is 5.82 Å². The number of carbonyl (C=O) groups excluding carboxylic acids is 1. The summed E-state index contributed by atoms with van der Waals surface area (Å²) in [6, 6.07) is 1.70. The van der Waals surface area contributed by atoms with E-state index in [9.17, 15) is 9.59 Å². The van der Waals surface area contributed by atoms with Gasteiger partial charge in [0, 0.05) is 38.2 Å². The predicted octanol–water partition coefficient (Wildman–Crippen LogP) is 0.975. The molecule has 22 heavy (non-hydrogen) atoms. The van der Waals surface area contributed by atoms with Gasteiger partial charge in [0.15, 0.2) is 17.2 Å². The predicted molar refractivity (Wildman–Crippen MR) is 79.6 cm³/mol. The first-order valence-electron chi connectivity index (χ1n) is 7.09. The van der Waals surface area contributed by atoms with Gasteiger partial charge in [-0.25, -0.2) is 9.78 Å². The van der Waals surface area contributed by atoms with Crippen molar-refractivity contribution in [2.45, 2.75) is 18.4 Å². The van der Waals surface area contributed by atoms with Crippen LogP contribution in [-0.4, -0.2) is 52.6 Å². The number of hydrogen-bond acceptors (Lipinski definition) is 5. The van der Waals surface area contributed by atoms with Crippen molar-refractivity contribution in [3.63, 3.8) is 0 Å². The highest BCUT2D eigenvalue weighted by Crippen LogP contribution is 2.37. The second-order valence-electron chi connectivity index (χ2n) is 5.64.